The number of hydrogen-bond acceptors (Lipinski definition) is 3. The Morgan fingerprint density at radius 2 is 2.07 bits per heavy atom. The van der Waals surface area contributed by atoms with Crippen molar-refractivity contribution in [3.05, 3.63) is 52.8 Å². The van der Waals surface area contributed by atoms with E-state index in [0.717, 1.165) is 35.4 Å². The third-order valence-corrected chi connectivity index (χ3v) is 5.33. The monoisotopic (exact) mass is 383 g/mol. The quantitative estimate of drug-likeness (QED) is 0.805. The molecule has 2 amide bonds. The van der Waals surface area contributed by atoms with E-state index >= 15 is 0 Å². The Morgan fingerprint density at radius 1 is 1.29 bits per heavy atom. The van der Waals surface area contributed by atoms with Crippen molar-refractivity contribution in [1.29, 1.82) is 0 Å². The van der Waals surface area contributed by atoms with Crippen LogP contribution >= 0.6 is 0 Å². The molecule has 2 heterocycles. The highest BCUT2D eigenvalue weighted by Crippen LogP contribution is 2.21. The van der Waals surface area contributed by atoms with Gasteiger partial charge in [0.2, 0.25) is 5.91 Å². The van der Waals surface area contributed by atoms with Crippen LogP contribution in [0, 0.1) is 19.8 Å². The Labute approximate surface area is 166 Å². The van der Waals surface area contributed by atoms with Gasteiger partial charge in [0.05, 0.1) is 13.0 Å². The lowest BCUT2D eigenvalue weighted by atomic mass is 9.96. The zero-order valence-electron chi connectivity index (χ0n) is 16.9. The Bertz CT molecular complexity index is 843. The smallest absolute Gasteiger partial charge is 0.270 e. The molecule has 150 valence electrons. The van der Waals surface area contributed by atoms with Gasteiger partial charge in [0.25, 0.3) is 5.91 Å². The third kappa shape index (κ3) is 4.55. The average molecular weight is 383 g/mol. The molecule has 1 aromatic carbocycles. The second kappa shape index (κ2) is 8.95. The van der Waals surface area contributed by atoms with E-state index in [-0.39, 0.29) is 17.7 Å². The molecule has 0 bridgehead atoms. The molecule has 0 saturated carbocycles. The maximum atomic E-state index is 12.8. The highest BCUT2D eigenvalue weighted by atomic mass is 16.5. The summed E-state index contributed by atoms with van der Waals surface area (Å²) in [5.41, 5.74) is 3.63. The number of amides is 2. The number of nitrogens with one attached hydrogen (secondary N) is 2. The van der Waals surface area contributed by atoms with Crippen LogP contribution in [0.2, 0.25) is 0 Å². The van der Waals surface area contributed by atoms with Gasteiger partial charge in [-0.2, -0.15) is 0 Å². The van der Waals surface area contributed by atoms with Gasteiger partial charge in [-0.05, 0) is 56.4 Å². The molecule has 6 nitrogen and oxygen atoms in total. The van der Waals surface area contributed by atoms with Crippen LogP contribution in [0.3, 0.4) is 0 Å². The van der Waals surface area contributed by atoms with Crippen LogP contribution in [-0.4, -0.2) is 48.4 Å². The molecule has 3 rings (SSSR count). The highest BCUT2D eigenvalue weighted by Gasteiger charge is 2.29. The largest absolute Gasteiger partial charge is 0.496 e. The van der Waals surface area contributed by atoms with E-state index in [0.29, 0.717) is 31.7 Å². The number of nitrogens with zero attached hydrogens (tertiary/aromatic N) is 1. The first-order valence-corrected chi connectivity index (χ1v) is 9.84. The number of carbonyl (C=O) groups is 2. The maximum Gasteiger partial charge on any atom is 0.270 e. The van der Waals surface area contributed by atoms with Crippen molar-refractivity contribution >= 4 is 11.8 Å². The number of aromatic amines is 1. The summed E-state index contributed by atoms with van der Waals surface area (Å²) in [6, 6.07) is 9.80. The standard InChI is InChI=1S/C22H29N3O3/c1-15-13-16(2)24-20(15)22(27)25-12-6-8-18(14-25)21(26)23-11-10-17-7-4-5-9-19(17)28-3/h4-5,7,9,13,18,24H,6,8,10-12,14H2,1-3H3,(H,23,26)/t18-/m1/s1. The van der Waals surface area contributed by atoms with Crippen LogP contribution in [0.15, 0.2) is 30.3 Å². The number of likely N-dealkylation sites (tertiary alicyclic amines) is 1. The molecule has 0 spiro atoms. The second-order valence-electron chi connectivity index (χ2n) is 7.45. The van der Waals surface area contributed by atoms with Crippen molar-refractivity contribution in [3.8, 4) is 5.75 Å². The van der Waals surface area contributed by atoms with Gasteiger partial charge in [0.1, 0.15) is 11.4 Å². The number of aryl methyl sites for hydroxylation is 2. The van der Waals surface area contributed by atoms with Gasteiger partial charge in [-0.1, -0.05) is 18.2 Å². The second-order valence-corrected chi connectivity index (χ2v) is 7.45. The van der Waals surface area contributed by atoms with E-state index in [2.05, 4.69) is 10.3 Å². The predicted molar refractivity (Wildman–Crippen MR) is 109 cm³/mol. The minimum Gasteiger partial charge on any atom is -0.496 e. The lowest BCUT2D eigenvalue weighted by molar-refractivity contribution is -0.126. The first-order chi connectivity index (χ1) is 13.5. The number of ether oxygens (including phenoxy) is 1. The summed E-state index contributed by atoms with van der Waals surface area (Å²) in [5.74, 6) is 0.679. The summed E-state index contributed by atoms with van der Waals surface area (Å²) >= 11 is 0. The van der Waals surface area contributed by atoms with E-state index in [9.17, 15) is 9.59 Å². The number of methoxy groups -OCH3 is 1. The third-order valence-electron chi connectivity index (χ3n) is 5.33. The van der Waals surface area contributed by atoms with E-state index < -0.39 is 0 Å². The van der Waals surface area contributed by atoms with Crippen molar-refractivity contribution in [3.63, 3.8) is 0 Å². The van der Waals surface area contributed by atoms with Crippen LogP contribution in [0.25, 0.3) is 0 Å². The molecule has 28 heavy (non-hydrogen) atoms. The molecule has 2 N–H and O–H groups in total. The van der Waals surface area contributed by atoms with Crippen molar-refractivity contribution in [1.82, 2.24) is 15.2 Å². The lowest BCUT2D eigenvalue weighted by Gasteiger charge is -2.32. The van der Waals surface area contributed by atoms with Crippen molar-refractivity contribution in [2.24, 2.45) is 5.92 Å². The number of para-hydroxylation sites is 1. The van der Waals surface area contributed by atoms with Gasteiger partial charge >= 0.3 is 0 Å². The molecule has 1 saturated heterocycles. The fraction of sp³-hybridized carbons (Fsp3) is 0.455. The Balaban J connectivity index is 1.54. The zero-order valence-corrected chi connectivity index (χ0v) is 16.9. The molecule has 2 aromatic rings. The molecule has 0 radical (unpaired) electrons. The Hall–Kier alpha value is -2.76. The molecular weight excluding hydrogens is 354 g/mol. The first kappa shape index (κ1) is 20.0. The number of aromatic nitrogens is 1. The topological polar surface area (TPSA) is 74.4 Å². The van der Waals surface area contributed by atoms with Gasteiger partial charge in [0, 0.05) is 25.3 Å². The summed E-state index contributed by atoms with van der Waals surface area (Å²) in [6.45, 7) is 5.59. The van der Waals surface area contributed by atoms with E-state index in [4.69, 9.17) is 4.74 Å². The molecule has 0 unspecified atom stereocenters. The molecular formula is C22H29N3O3. The van der Waals surface area contributed by atoms with Crippen LogP contribution in [0.4, 0.5) is 0 Å². The summed E-state index contributed by atoms with van der Waals surface area (Å²) in [6.07, 6.45) is 2.37. The van der Waals surface area contributed by atoms with Crippen molar-refractivity contribution in [2.75, 3.05) is 26.7 Å². The number of benzene rings is 1. The summed E-state index contributed by atoms with van der Waals surface area (Å²) < 4.78 is 5.35. The zero-order chi connectivity index (χ0) is 20.1. The first-order valence-electron chi connectivity index (χ1n) is 9.84. The number of rotatable bonds is 6. The van der Waals surface area contributed by atoms with Crippen LogP contribution in [0.5, 0.6) is 5.75 Å². The SMILES string of the molecule is COc1ccccc1CCNC(=O)[C@@H]1CCCN(C(=O)c2[nH]c(C)cc2C)C1. The molecule has 1 aliphatic heterocycles. The number of carbonyl (C=O) groups excluding carboxylic acids is 2. The molecule has 1 aromatic heterocycles. The summed E-state index contributed by atoms with van der Waals surface area (Å²) in [5, 5.41) is 3.03. The van der Waals surface area contributed by atoms with E-state index in [1.165, 1.54) is 0 Å². The van der Waals surface area contributed by atoms with Gasteiger partial charge in [-0.15, -0.1) is 0 Å². The highest BCUT2D eigenvalue weighted by molar-refractivity contribution is 5.94. The lowest BCUT2D eigenvalue weighted by Crippen LogP contribution is -2.46. The summed E-state index contributed by atoms with van der Waals surface area (Å²) in [4.78, 5) is 30.4. The fourth-order valence-electron chi connectivity index (χ4n) is 3.86. The Morgan fingerprint density at radius 3 is 2.79 bits per heavy atom. The minimum atomic E-state index is -0.160. The van der Waals surface area contributed by atoms with Gasteiger partial charge in [-0.25, -0.2) is 0 Å². The maximum absolute atomic E-state index is 12.8. The van der Waals surface area contributed by atoms with Crippen molar-refractivity contribution < 1.29 is 14.3 Å². The van der Waals surface area contributed by atoms with Crippen LogP contribution in [-0.2, 0) is 11.2 Å². The van der Waals surface area contributed by atoms with Crippen molar-refractivity contribution in [2.45, 2.75) is 33.1 Å². The number of piperidine rings is 1. The molecule has 0 aliphatic carbocycles. The summed E-state index contributed by atoms with van der Waals surface area (Å²) in [7, 11) is 1.65. The average Bonchev–Trinajstić information content (AvgIpc) is 3.05. The van der Waals surface area contributed by atoms with Gasteiger partial charge < -0.3 is 19.9 Å². The number of hydrogen-bond donors (Lipinski definition) is 2. The molecule has 1 fully saturated rings. The normalized spacial score (nSPS) is 16.7. The van der Waals surface area contributed by atoms with Crippen LogP contribution < -0.4 is 10.1 Å². The predicted octanol–water partition coefficient (Wildman–Crippen LogP) is 2.85. The van der Waals surface area contributed by atoms with Crippen LogP contribution in [0.1, 0.15) is 40.2 Å². The minimum absolute atomic E-state index is 0.0166. The Kier molecular flexibility index (Phi) is 6.39. The van der Waals surface area contributed by atoms with Gasteiger partial charge in [-0.3, -0.25) is 9.59 Å². The molecule has 1 aliphatic rings. The number of H-pyrrole nitrogens is 1. The van der Waals surface area contributed by atoms with E-state index in [1.54, 1.807) is 12.0 Å². The molecule has 6 heteroatoms. The van der Waals surface area contributed by atoms with Gasteiger partial charge in [0.15, 0.2) is 0 Å². The van der Waals surface area contributed by atoms with E-state index in [1.807, 2.05) is 44.2 Å². The fourth-order valence-corrected chi connectivity index (χ4v) is 3.86. The molecule has 1 atom stereocenters.